The van der Waals surface area contributed by atoms with Crippen LogP contribution in [0.3, 0.4) is 0 Å². The van der Waals surface area contributed by atoms with Crippen LogP contribution in [0.1, 0.15) is 60.3 Å². The van der Waals surface area contributed by atoms with Gasteiger partial charge in [-0.2, -0.15) is 9.83 Å². The van der Waals surface area contributed by atoms with Crippen LogP contribution in [0.4, 0.5) is 0 Å². The lowest BCUT2D eigenvalue weighted by Crippen LogP contribution is -2.60. The SMILES string of the molecule is CCOC(=O)C1(NC(=O)c2nn(-c3c[n+]([O-])ccn3)c3c2C[C@H]2C[C@@H]32)CCC1. The first kappa shape index (κ1) is 17.2. The van der Waals surface area contributed by atoms with Gasteiger partial charge < -0.3 is 15.3 Å². The molecule has 3 aliphatic rings. The lowest BCUT2D eigenvalue weighted by molar-refractivity contribution is -0.605. The molecule has 2 heterocycles. The molecule has 9 heteroatoms. The van der Waals surface area contributed by atoms with Crippen molar-refractivity contribution in [3.63, 3.8) is 0 Å². The number of carbonyl (C=O) groups is 2. The number of rotatable bonds is 5. The van der Waals surface area contributed by atoms with Crippen molar-refractivity contribution in [2.45, 2.75) is 50.5 Å². The Morgan fingerprint density at radius 1 is 1.46 bits per heavy atom. The summed E-state index contributed by atoms with van der Waals surface area (Å²) in [4.78, 5) is 29.7. The summed E-state index contributed by atoms with van der Waals surface area (Å²) in [7, 11) is 0. The van der Waals surface area contributed by atoms with Crippen LogP contribution in [-0.4, -0.2) is 38.8 Å². The molecule has 28 heavy (non-hydrogen) atoms. The van der Waals surface area contributed by atoms with Crippen LogP contribution in [0.2, 0.25) is 0 Å². The molecule has 146 valence electrons. The van der Waals surface area contributed by atoms with E-state index in [1.165, 1.54) is 18.6 Å². The molecule has 2 fully saturated rings. The van der Waals surface area contributed by atoms with Crippen LogP contribution in [-0.2, 0) is 16.0 Å². The van der Waals surface area contributed by atoms with Crippen LogP contribution >= 0.6 is 0 Å². The highest BCUT2D eigenvalue weighted by Crippen LogP contribution is 2.57. The van der Waals surface area contributed by atoms with Crippen molar-refractivity contribution in [1.82, 2.24) is 20.1 Å². The van der Waals surface area contributed by atoms with Gasteiger partial charge in [0.25, 0.3) is 5.91 Å². The molecule has 0 spiro atoms. The van der Waals surface area contributed by atoms with Crippen LogP contribution < -0.4 is 10.0 Å². The maximum atomic E-state index is 13.1. The fourth-order valence-electron chi connectivity index (χ4n) is 4.40. The van der Waals surface area contributed by atoms with Gasteiger partial charge in [-0.3, -0.25) is 4.79 Å². The second-order valence-corrected chi connectivity index (χ2v) is 7.82. The van der Waals surface area contributed by atoms with Gasteiger partial charge in [-0.15, -0.1) is 0 Å². The number of nitrogens with zero attached hydrogens (tertiary/aromatic N) is 4. The quantitative estimate of drug-likeness (QED) is 0.464. The van der Waals surface area contributed by atoms with Gasteiger partial charge in [-0.1, -0.05) is 0 Å². The van der Waals surface area contributed by atoms with Gasteiger partial charge in [-0.05, 0) is 44.9 Å². The lowest BCUT2D eigenvalue weighted by atomic mass is 9.76. The van der Waals surface area contributed by atoms with E-state index in [1.54, 1.807) is 11.6 Å². The molecule has 0 bridgehead atoms. The number of hydrogen-bond acceptors (Lipinski definition) is 6. The number of fused-ring (bicyclic) bond motifs is 3. The smallest absolute Gasteiger partial charge is 0.331 e. The van der Waals surface area contributed by atoms with Crippen LogP contribution in [0.15, 0.2) is 18.6 Å². The first-order chi connectivity index (χ1) is 13.5. The van der Waals surface area contributed by atoms with E-state index < -0.39 is 5.54 Å². The van der Waals surface area contributed by atoms with E-state index in [0.29, 0.717) is 40.9 Å². The third kappa shape index (κ3) is 2.49. The molecule has 0 aromatic carbocycles. The fourth-order valence-corrected chi connectivity index (χ4v) is 4.40. The first-order valence-corrected chi connectivity index (χ1v) is 9.69. The predicted molar refractivity (Wildman–Crippen MR) is 95.6 cm³/mol. The number of hydrogen-bond donors (Lipinski definition) is 1. The zero-order valence-electron chi connectivity index (χ0n) is 15.6. The van der Waals surface area contributed by atoms with Crippen LogP contribution in [0.5, 0.6) is 0 Å². The van der Waals surface area contributed by atoms with Crippen molar-refractivity contribution in [2.24, 2.45) is 5.92 Å². The monoisotopic (exact) mass is 383 g/mol. The van der Waals surface area contributed by atoms with Gasteiger partial charge in [0, 0.05) is 11.5 Å². The zero-order valence-corrected chi connectivity index (χ0v) is 15.6. The number of esters is 1. The molecule has 3 aliphatic carbocycles. The summed E-state index contributed by atoms with van der Waals surface area (Å²) in [6, 6.07) is 0. The average Bonchev–Trinajstić information content (AvgIpc) is 3.14. The van der Waals surface area contributed by atoms with Crippen molar-refractivity contribution in [1.29, 1.82) is 0 Å². The Kier molecular flexibility index (Phi) is 3.68. The normalized spacial score (nSPS) is 23.3. The Morgan fingerprint density at radius 3 is 2.96 bits per heavy atom. The van der Waals surface area contributed by atoms with E-state index in [4.69, 9.17) is 4.74 Å². The molecule has 2 aromatic rings. The molecule has 1 N–H and O–H groups in total. The molecule has 0 unspecified atom stereocenters. The number of aromatic nitrogens is 4. The maximum Gasteiger partial charge on any atom is 0.331 e. The first-order valence-electron chi connectivity index (χ1n) is 9.69. The summed E-state index contributed by atoms with van der Waals surface area (Å²) in [5.74, 6) is 0.523. The van der Waals surface area contributed by atoms with Gasteiger partial charge in [0.05, 0.1) is 18.5 Å². The highest BCUT2D eigenvalue weighted by Gasteiger charge is 2.52. The van der Waals surface area contributed by atoms with Gasteiger partial charge in [0.1, 0.15) is 5.54 Å². The molecule has 5 rings (SSSR count). The van der Waals surface area contributed by atoms with Crippen molar-refractivity contribution in [2.75, 3.05) is 6.61 Å². The van der Waals surface area contributed by atoms with Crippen molar-refractivity contribution in [3.05, 3.63) is 40.7 Å². The number of nitrogens with one attached hydrogen (secondary N) is 1. The molecule has 1 amide bonds. The van der Waals surface area contributed by atoms with Crippen LogP contribution in [0.25, 0.3) is 5.82 Å². The summed E-state index contributed by atoms with van der Waals surface area (Å²) < 4.78 is 7.45. The molecule has 9 nitrogen and oxygen atoms in total. The predicted octanol–water partition coefficient (Wildman–Crippen LogP) is 0.776. The van der Waals surface area contributed by atoms with Crippen molar-refractivity contribution >= 4 is 11.9 Å². The minimum absolute atomic E-state index is 0.276. The summed E-state index contributed by atoms with van der Waals surface area (Å²) in [6.45, 7) is 2.03. The Hall–Kier alpha value is -2.97. The molecule has 2 aromatic heterocycles. The highest BCUT2D eigenvalue weighted by atomic mass is 16.5. The van der Waals surface area contributed by atoms with E-state index in [2.05, 4.69) is 15.4 Å². The maximum absolute atomic E-state index is 13.1. The van der Waals surface area contributed by atoms with E-state index in [-0.39, 0.29) is 18.5 Å². The molecule has 0 aliphatic heterocycles. The second-order valence-electron chi connectivity index (χ2n) is 7.82. The lowest BCUT2D eigenvalue weighted by Gasteiger charge is -2.39. The Balaban J connectivity index is 1.49. The Morgan fingerprint density at radius 2 is 2.29 bits per heavy atom. The minimum Gasteiger partial charge on any atom is -0.619 e. The van der Waals surface area contributed by atoms with Crippen molar-refractivity contribution in [3.8, 4) is 5.82 Å². The summed E-state index contributed by atoms with van der Waals surface area (Å²) in [6.07, 6.45) is 7.93. The minimum atomic E-state index is -0.950. The molecule has 2 atom stereocenters. The molecular formula is C19H21N5O4. The summed E-state index contributed by atoms with van der Waals surface area (Å²) in [5, 5.41) is 19.1. The third-order valence-electron chi connectivity index (χ3n) is 6.08. The molecule has 2 saturated carbocycles. The Bertz CT molecular complexity index is 981. The Labute approximate surface area is 161 Å². The topological polar surface area (TPSA) is 113 Å². The fraction of sp³-hybridized carbons (Fsp3) is 0.526. The molecule has 0 saturated heterocycles. The molecular weight excluding hydrogens is 362 g/mol. The summed E-state index contributed by atoms with van der Waals surface area (Å²) in [5.41, 5.74) is 1.24. The summed E-state index contributed by atoms with van der Waals surface area (Å²) >= 11 is 0. The number of ether oxygens (including phenoxy) is 1. The average molecular weight is 383 g/mol. The van der Waals surface area contributed by atoms with E-state index in [1.807, 2.05) is 0 Å². The van der Waals surface area contributed by atoms with Crippen LogP contribution in [0, 0.1) is 11.1 Å². The van der Waals surface area contributed by atoms with E-state index in [0.717, 1.165) is 30.5 Å². The highest BCUT2D eigenvalue weighted by molar-refractivity contribution is 5.98. The standard InChI is InChI=1S/C19H21N5O4/c1-2-28-18(26)19(4-3-5-19)21-17(25)15-13-9-11-8-12(11)16(13)24(22-15)14-10-23(27)7-6-20-14/h6-7,10-12H,2-5,8-9H2,1H3,(H,21,25)/t11-,12-/m1/s1. The number of amides is 1. The largest absolute Gasteiger partial charge is 0.619 e. The van der Waals surface area contributed by atoms with Gasteiger partial charge in [0.15, 0.2) is 11.9 Å². The third-order valence-corrected chi connectivity index (χ3v) is 6.08. The van der Waals surface area contributed by atoms with Crippen molar-refractivity contribution < 1.29 is 19.1 Å². The van der Waals surface area contributed by atoms with Gasteiger partial charge >= 0.3 is 5.97 Å². The molecule has 0 radical (unpaired) electrons. The second kappa shape index (κ2) is 6.02. The van der Waals surface area contributed by atoms with E-state index in [9.17, 15) is 14.8 Å². The number of carbonyl (C=O) groups excluding carboxylic acids is 2. The zero-order chi connectivity index (χ0) is 19.5. The van der Waals surface area contributed by atoms with Gasteiger partial charge in [0.2, 0.25) is 12.0 Å². The van der Waals surface area contributed by atoms with Gasteiger partial charge in [-0.25, -0.2) is 14.5 Å². The van der Waals surface area contributed by atoms with E-state index >= 15 is 0 Å².